The van der Waals surface area contributed by atoms with Crippen molar-refractivity contribution in [1.29, 1.82) is 0 Å². The first-order chi connectivity index (χ1) is 7.63. The second kappa shape index (κ2) is 6.00. The van der Waals surface area contributed by atoms with Gasteiger partial charge in [0.15, 0.2) is 0 Å². The zero-order valence-corrected chi connectivity index (χ0v) is 9.53. The van der Waals surface area contributed by atoms with Gasteiger partial charge in [-0.3, -0.25) is 4.79 Å². The highest BCUT2D eigenvalue weighted by molar-refractivity contribution is 5.75. The second-order valence-electron chi connectivity index (χ2n) is 3.71. The third-order valence-electron chi connectivity index (χ3n) is 2.27. The largest absolute Gasteiger partial charge is 0.465 e. The summed E-state index contributed by atoms with van der Waals surface area (Å²) in [4.78, 5) is 11.4. The smallest absolute Gasteiger partial charge is 0.310 e. The minimum Gasteiger partial charge on any atom is -0.465 e. The summed E-state index contributed by atoms with van der Waals surface area (Å²) in [6.45, 7) is 2.52. The summed E-state index contributed by atoms with van der Waals surface area (Å²) in [5.41, 5.74) is 13.2. The van der Waals surface area contributed by atoms with Gasteiger partial charge in [-0.05, 0) is 24.1 Å². The normalized spacial score (nSPS) is 10.1. The Bertz CT molecular complexity index is 364. The third-order valence-corrected chi connectivity index (χ3v) is 2.27. The topological polar surface area (TPSA) is 78.3 Å². The molecule has 0 aromatic heterocycles. The summed E-state index contributed by atoms with van der Waals surface area (Å²) < 4.78 is 5.05. The van der Waals surface area contributed by atoms with E-state index >= 15 is 0 Å². The minimum absolute atomic E-state index is 0.204. The highest BCUT2D eigenvalue weighted by Crippen LogP contribution is 2.16. The molecule has 4 N–H and O–H groups in total. The molecule has 0 amide bonds. The maximum absolute atomic E-state index is 11.4. The van der Waals surface area contributed by atoms with E-state index < -0.39 is 0 Å². The predicted octanol–water partition coefficient (Wildman–Crippen LogP) is 1.74. The van der Waals surface area contributed by atoms with E-state index in [2.05, 4.69) is 0 Å². The van der Waals surface area contributed by atoms with Gasteiger partial charge in [-0.1, -0.05) is 19.4 Å². The van der Waals surface area contributed by atoms with Crippen LogP contribution < -0.4 is 11.5 Å². The van der Waals surface area contributed by atoms with Gasteiger partial charge in [0.1, 0.15) is 0 Å². The van der Waals surface area contributed by atoms with Gasteiger partial charge in [-0.25, -0.2) is 0 Å². The van der Waals surface area contributed by atoms with Crippen molar-refractivity contribution in [2.75, 3.05) is 18.1 Å². The van der Waals surface area contributed by atoms with Crippen molar-refractivity contribution in [3.05, 3.63) is 23.8 Å². The minimum atomic E-state index is -0.245. The van der Waals surface area contributed by atoms with Crippen molar-refractivity contribution < 1.29 is 9.53 Å². The number of carbonyl (C=O) groups excluding carboxylic acids is 1. The SMILES string of the molecule is CCCCOC(=O)Cc1ccc(N)cc1N. The quantitative estimate of drug-likeness (QED) is 0.452. The molecule has 0 fully saturated rings. The lowest BCUT2D eigenvalue weighted by Crippen LogP contribution is -2.10. The highest BCUT2D eigenvalue weighted by Gasteiger charge is 2.07. The Morgan fingerprint density at radius 2 is 2.12 bits per heavy atom. The molecule has 0 spiro atoms. The average molecular weight is 222 g/mol. The van der Waals surface area contributed by atoms with Crippen molar-refractivity contribution in [2.45, 2.75) is 26.2 Å². The summed E-state index contributed by atoms with van der Waals surface area (Å²) >= 11 is 0. The van der Waals surface area contributed by atoms with Gasteiger partial charge in [0.2, 0.25) is 0 Å². The lowest BCUT2D eigenvalue weighted by Gasteiger charge is -2.07. The number of unbranched alkanes of at least 4 members (excludes halogenated alkanes) is 1. The molecule has 0 bridgehead atoms. The number of carbonyl (C=O) groups is 1. The van der Waals surface area contributed by atoms with Gasteiger partial charge in [0.05, 0.1) is 13.0 Å². The standard InChI is InChI=1S/C12H18N2O2/c1-2-3-6-16-12(15)7-9-4-5-10(13)8-11(9)14/h4-5,8H,2-3,6-7,13-14H2,1H3. The summed E-state index contributed by atoms with van der Waals surface area (Å²) in [6, 6.07) is 5.13. The number of hydrogen-bond donors (Lipinski definition) is 2. The number of nitrogen functional groups attached to an aromatic ring is 2. The highest BCUT2D eigenvalue weighted by atomic mass is 16.5. The van der Waals surface area contributed by atoms with Crippen molar-refractivity contribution in [3.8, 4) is 0 Å². The maximum Gasteiger partial charge on any atom is 0.310 e. The van der Waals surface area contributed by atoms with E-state index in [0.717, 1.165) is 18.4 Å². The van der Waals surface area contributed by atoms with Crippen LogP contribution in [-0.2, 0) is 16.0 Å². The lowest BCUT2D eigenvalue weighted by molar-refractivity contribution is -0.142. The van der Waals surface area contributed by atoms with Crippen molar-refractivity contribution in [2.24, 2.45) is 0 Å². The molecule has 88 valence electrons. The van der Waals surface area contributed by atoms with E-state index in [1.807, 2.05) is 6.92 Å². The number of anilines is 2. The Kier molecular flexibility index (Phi) is 4.64. The second-order valence-corrected chi connectivity index (χ2v) is 3.71. The molecule has 1 aromatic carbocycles. The Morgan fingerprint density at radius 1 is 1.38 bits per heavy atom. The van der Waals surface area contributed by atoms with E-state index in [1.165, 1.54) is 0 Å². The molecule has 1 rings (SSSR count). The van der Waals surface area contributed by atoms with Crippen LogP contribution in [0.25, 0.3) is 0 Å². The molecule has 0 unspecified atom stereocenters. The Balaban J connectivity index is 2.49. The van der Waals surface area contributed by atoms with Crippen LogP contribution >= 0.6 is 0 Å². The summed E-state index contributed by atoms with van der Waals surface area (Å²) in [7, 11) is 0. The molecule has 0 atom stereocenters. The zero-order chi connectivity index (χ0) is 12.0. The van der Waals surface area contributed by atoms with Gasteiger partial charge in [0.25, 0.3) is 0 Å². The van der Waals surface area contributed by atoms with Crippen LogP contribution in [0, 0.1) is 0 Å². The fourth-order valence-electron chi connectivity index (χ4n) is 1.31. The molecular weight excluding hydrogens is 204 g/mol. The Hall–Kier alpha value is -1.71. The van der Waals surface area contributed by atoms with E-state index in [9.17, 15) is 4.79 Å². The monoisotopic (exact) mass is 222 g/mol. The first-order valence-corrected chi connectivity index (χ1v) is 5.43. The average Bonchev–Trinajstić information content (AvgIpc) is 2.23. The number of esters is 1. The van der Waals surface area contributed by atoms with E-state index in [0.29, 0.717) is 18.0 Å². The summed E-state index contributed by atoms with van der Waals surface area (Å²) in [5, 5.41) is 0. The first kappa shape index (κ1) is 12.4. The van der Waals surface area contributed by atoms with Crippen LogP contribution in [0.5, 0.6) is 0 Å². The van der Waals surface area contributed by atoms with Crippen LogP contribution in [0.1, 0.15) is 25.3 Å². The number of nitrogens with two attached hydrogens (primary N) is 2. The number of rotatable bonds is 5. The molecule has 0 aliphatic carbocycles. The molecule has 0 heterocycles. The Labute approximate surface area is 95.6 Å². The molecule has 0 saturated heterocycles. The molecule has 0 radical (unpaired) electrons. The van der Waals surface area contributed by atoms with Crippen molar-refractivity contribution in [3.63, 3.8) is 0 Å². The van der Waals surface area contributed by atoms with E-state index in [1.54, 1.807) is 18.2 Å². The first-order valence-electron chi connectivity index (χ1n) is 5.43. The molecule has 0 saturated carbocycles. The van der Waals surface area contributed by atoms with E-state index in [4.69, 9.17) is 16.2 Å². The van der Waals surface area contributed by atoms with Gasteiger partial charge in [-0.2, -0.15) is 0 Å². The number of hydrogen-bond acceptors (Lipinski definition) is 4. The van der Waals surface area contributed by atoms with Crippen LogP contribution in [0.2, 0.25) is 0 Å². The lowest BCUT2D eigenvalue weighted by atomic mass is 10.1. The van der Waals surface area contributed by atoms with Gasteiger partial charge < -0.3 is 16.2 Å². The summed E-state index contributed by atoms with van der Waals surface area (Å²) in [5.74, 6) is -0.245. The molecule has 0 aliphatic rings. The van der Waals surface area contributed by atoms with Crippen molar-refractivity contribution in [1.82, 2.24) is 0 Å². The Morgan fingerprint density at radius 3 is 2.75 bits per heavy atom. The van der Waals surface area contributed by atoms with Crippen LogP contribution in [-0.4, -0.2) is 12.6 Å². The van der Waals surface area contributed by atoms with Gasteiger partial charge in [0, 0.05) is 11.4 Å². The van der Waals surface area contributed by atoms with Gasteiger partial charge in [-0.15, -0.1) is 0 Å². The van der Waals surface area contributed by atoms with Crippen molar-refractivity contribution >= 4 is 17.3 Å². The predicted molar refractivity (Wildman–Crippen MR) is 64.8 cm³/mol. The van der Waals surface area contributed by atoms with E-state index in [-0.39, 0.29) is 12.4 Å². The molecular formula is C12H18N2O2. The molecule has 4 heteroatoms. The number of ether oxygens (including phenoxy) is 1. The van der Waals surface area contributed by atoms with Crippen LogP contribution in [0.15, 0.2) is 18.2 Å². The molecule has 1 aromatic rings. The fourth-order valence-corrected chi connectivity index (χ4v) is 1.31. The summed E-state index contributed by atoms with van der Waals surface area (Å²) in [6.07, 6.45) is 2.11. The third kappa shape index (κ3) is 3.81. The molecule has 0 aliphatic heterocycles. The van der Waals surface area contributed by atoms with Crippen LogP contribution in [0.3, 0.4) is 0 Å². The molecule has 4 nitrogen and oxygen atoms in total. The van der Waals surface area contributed by atoms with Crippen LogP contribution in [0.4, 0.5) is 11.4 Å². The fraction of sp³-hybridized carbons (Fsp3) is 0.417. The number of benzene rings is 1. The maximum atomic E-state index is 11.4. The van der Waals surface area contributed by atoms with Gasteiger partial charge >= 0.3 is 5.97 Å². The zero-order valence-electron chi connectivity index (χ0n) is 9.53. The molecule has 16 heavy (non-hydrogen) atoms.